The van der Waals surface area contributed by atoms with Crippen LogP contribution in [0.1, 0.15) is 22.4 Å². The van der Waals surface area contributed by atoms with Gasteiger partial charge in [0, 0.05) is 28.1 Å². The molecular weight excluding hydrogens is 286 g/mol. The van der Waals surface area contributed by atoms with Crippen LogP contribution in [0, 0.1) is 0 Å². The molecule has 2 aromatic heterocycles. The van der Waals surface area contributed by atoms with Gasteiger partial charge in [0.15, 0.2) is 0 Å². The Labute approximate surface area is 127 Å². The third kappa shape index (κ3) is 4.40. The van der Waals surface area contributed by atoms with Gasteiger partial charge in [0.1, 0.15) is 0 Å². The van der Waals surface area contributed by atoms with Gasteiger partial charge < -0.3 is 5.73 Å². The molecule has 0 saturated heterocycles. The van der Waals surface area contributed by atoms with Crippen molar-refractivity contribution in [3.8, 4) is 0 Å². The molecule has 0 unspecified atom stereocenters. The molecule has 3 N–H and O–H groups in total. The molecule has 2 aromatic rings. The third-order valence-electron chi connectivity index (χ3n) is 2.91. The maximum absolute atomic E-state index is 10.8. The summed E-state index contributed by atoms with van der Waals surface area (Å²) in [6, 6.07) is 8.57. The van der Waals surface area contributed by atoms with Crippen molar-refractivity contribution in [3.63, 3.8) is 0 Å². The summed E-state index contributed by atoms with van der Waals surface area (Å²) in [5, 5.41) is 9.87. The number of primary amides is 1. The van der Waals surface area contributed by atoms with E-state index >= 15 is 0 Å². The topological polar surface area (TPSA) is 79.4 Å². The van der Waals surface area contributed by atoms with Gasteiger partial charge >= 0.3 is 6.03 Å². The molecule has 0 aliphatic heterocycles. The molecule has 2 rings (SSSR count). The standard InChI is InChI=1S/C15H17N3O2S/c1-11(18(20)15(16)19)5-6-13-7-8-14(21-13)10-12-4-2-3-9-17-12/h2-9,11,20H,10H2,1H3,(H2,16,19)/t11-/m1/s1. The Hall–Kier alpha value is -2.18. The third-order valence-corrected chi connectivity index (χ3v) is 3.96. The zero-order valence-corrected chi connectivity index (χ0v) is 12.5. The lowest BCUT2D eigenvalue weighted by Gasteiger charge is -2.16. The lowest BCUT2D eigenvalue weighted by Crippen LogP contribution is -2.38. The van der Waals surface area contributed by atoms with E-state index in [4.69, 9.17) is 5.73 Å². The number of aromatic nitrogens is 1. The fourth-order valence-electron chi connectivity index (χ4n) is 1.78. The summed E-state index contributed by atoms with van der Waals surface area (Å²) in [5.74, 6) is 0. The van der Waals surface area contributed by atoms with Crippen LogP contribution in [0.15, 0.2) is 42.6 Å². The number of pyridine rings is 1. The summed E-state index contributed by atoms with van der Waals surface area (Å²) >= 11 is 1.65. The molecular formula is C15H17N3O2S. The van der Waals surface area contributed by atoms with Gasteiger partial charge in [0.25, 0.3) is 0 Å². The highest BCUT2D eigenvalue weighted by molar-refractivity contribution is 7.12. The Morgan fingerprint density at radius 1 is 1.48 bits per heavy atom. The monoisotopic (exact) mass is 303 g/mol. The minimum atomic E-state index is -0.867. The molecule has 1 atom stereocenters. The number of carbonyl (C=O) groups excluding carboxylic acids is 1. The quantitative estimate of drug-likeness (QED) is 0.658. The fraction of sp³-hybridized carbons (Fsp3) is 0.200. The van der Waals surface area contributed by atoms with E-state index < -0.39 is 12.1 Å². The van der Waals surface area contributed by atoms with E-state index in [-0.39, 0.29) is 0 Å². The molecule has 0 aliphatic carbocycles. The van der Waals surface area contributed by atoms with Crippen LogP contribution in [0.4, 0.5) is 4.79 Å². The number of hydrogen-bond donors (Lipinski definition) is 2. The Morgan fingerprint density at radius 3 is 2.95 bits per heavy atom. The molecule has 0 aliphatic rings. The molecule has 0 aromatic carbocycles. The zero-order chi connectivity index (χ0) is 15.2. The van der Waals surface area contributed by atoms with Crippen LogP contribution in [0.25, 0.3) is 6.08 Å². The van der Waals surface area contributed by atoms with E-state index in [9.17, 15) is 10.0 Å². The lowest BCUT2D eigenvalue weighted by molar-refractivity contribution is -0.0560. The fourth-order valence-corrected chi connectivity index (χ4v) is 2.72. The van der Waals surface area contributed by atoms with Crippen molar-refractivity contribution in [3.05, 3.63) is 58.1 Å². The van der Waals surface area contributed by atoms with Gasteiger partial charge in [-0.1, -0.05) is 12.1 Å². The second-order valence-electron chi connectivity index (χ2n) is 4.58. The van der Waals surface area contributed by atoms with Crippen LogP contribution in [0.2, 0.25) is 0 Å². The second-order valence-corrected chi connectivity index (χ2v) is 5.78. The van der Waals surface area contributed by atoms with Crippen molar-refractivity contribution in [1.82, 2.24) is 10.0 Å². The first-order valence-electron chi connectivity index (χ1n) is 6.50. The molecule has 0 bridgehead atoms. The highest BCUT2D eigenvalue weighted by atomic mass is 32.1. The summed E-state index contributed by atoms with van der Waals surface area (Å²) < 4.78 is 0. The van der Waals surface area contributed by atoms with Crippen LogP contribution >= 0.6 is 11.3 Å². The number of rotatable bonds is 5. The van der Waals surface area contributed by atoms with Crippen LogP contribution in [-0.4, -0.2) is 27.3 Å². The highest BCUT2D eigenvalue weighted by Gasteiger charge is 2.11. The second kappa shape index (κ2) is 7.01. The number of thiophene rings is 1. The summed E-state index contributed by atoms with van der Waals surface area (Å²) in [7, 11) is 0. The number of nitrogens with zero attached hydrogens (tertiary/aromatic N) is 2. The molecule has 110 valence electrons. The maximum atomic E-state index is 10.8. The van der Waals surface area contributed by atoms with Gasteiger partial charge in [-0.3, -0.25) is 10.2 Å². The van der Waals surface area contributed by atoms with Crippen molar-refractivity contribution in [2.24, 2.45) is 5.73 Å². The van der Waals surface area contributed by atoms with Crippen LogP contribution < -0.4 is 5.73 Å². The van der Waals surface area contributed by atoms with Crippen molar-refractivity contribution < 1.29 is 10.0 Å². The maximum Gasteiger partial charge on any atom is 0.339 e. The molecule has 2 amide bonds. The van der Waals surface area contributed by atoms with E-state index in [1.54, 1.807) is 30.5 Å². The van der Waals surface area contributed by atoms with E-state index in [0.717, 1.165) is 17.0 Å². The van der Waals surface area contributed by atoms with Gasteiger partial charge in [0.05, 0.1) is 6.04 Å². The van der Waals surface area contributed by atoms with Crippen molar-refractivity contribution >= 4 is 23.4 Å². The molecule has 5 nitrogen and oxygen atoms in total. The van der Waals surface area contributed by atoms with Gasteiger partial charge in [-0.25, -0.2) is 4.79 Å². The molecule has 0 spiro atoms. The van der Waals surface area contributed by atoms with Crippen LogP contribution in [0.3, 0.4) is 0 Å². The Balaban J connectivity index is 1.98. The number of carbonyl (C=O) groups is 1. The summed E-state index contributed by atoms with van der Waals surface area (Å²) in [4.78, 5) is 17.4. The van der Waals surface area contributed by atoms with Crippen molar-refractivity contribution in [2.75, 3.05) is 0 Å². The molecule has 0 fully saturated rings. The first-order valence-corrected chi connectivity index (χ1v) is 7.32. The van der Waals surface area contributed by atoms with Crippen LogP contribution in [-0.2, 0) is 6.42 Å². The van der Waals surface area contributed by atoms with E-state index in [0.29, 0.717) is 5.06 Å². The molecule has 2 heterocycles. The first-order chi connectivity index (χ1) is 10.1. The van der Waals surface area contributed by atoms with Gasteiger partial charge in [0.2, 0.25) is 0 Å². The summed E-state index contributed by atoms with van der Waals surface area (Å²) in [6.45, 7) is 1.68. The number of urea groups is 1. The normalized spacial score (nSPS) is 12.5. The molecule has 0 saturated carbocycles. The van der Waals surface area contributed by atoms with Crippen LogP contribution in [0.5, 0.6) is 0 Å². The first kappa shape index (κ1) is 15.2. The van der Waals surface area contributed by atoms with E-state index in [1.807, 2.05) is 30.3 Å². The van der Waals surface area contributed by atoms with Gasteiger partial charge in [-0.15, -0.1) is 11.3 Å². The van der Waals surface area contributed by atoms with E-state index in [1.165, 1.54) is 4.88 Å². The Morgan fingerprint density at radius 2 is 2.29 bits per heavy atom. The largest absolute Gasteiger partial charge is 0.350 e. The number of amides is 2. The highest BCUT2D eigenvalue weighted by Crippen LogP contribution is 2.20. The zero-order valence-electron chi connectivity index (χ0n) is 11.6. The summed E-state index contributed by atoms with van der Waals surface area (Å²) in [6.07, 6.45) is 6.16. The van der Waals surface area contributed by atoms with E-state index in [2.05, 4.69) is 11.1 Å². The smallest absolute Gasteiger partial charge is 0.339 e. The Kier molecular flexibility index (Phi) is 5.08. The molecule has 0 radical (unpaired) electrons. The van der Waals surface area contributed by atoms with Gasteiger partial charge in [-0.2, -0.15) is 5.06 Å². The SMILES string of the molecule is C[C@H](C=Cc1ccc(Cc2ccccn2)s1)N(O)C(N)=O. The predicted molar refractivity (Wildman–Crippen MR) is 83.1 cm³/mol. The van der Waals surface area contributed by atoms with Crippen molar-refractivity contribution in [1.29, 1.82) is 0 Å². The minimum Gasteiger partial charge on any atom is -0.350 e. The van der Waals surface area contributed by atoms with Crippen molar-refractivity contribution in [2.45, 2.75) is 19.4 Å². The minimum absolute atomic E-state index is 0.469. The average Bonchev–Trinajstić information content (AvgIpc) is 2.92. The predicted octanol–water partition coefficient (Wildman–Crippen LogP) is 2.91. The molecule has 21 heavy (non-hydrogen) atoms. The number of nitrogens with two attached hydrogens (primary N) is 1. The average molecular weight is 303 g/mol. The Bertz CT molecular complexity index is 625. The number of hydroxylamine groups is 2. The summed E-state index contributed by atoms with van der Waals surface area (Å²) in [5.41, 5.74) is 6.02. The number of hydrogen-bond acceptors (Lipinski definition) is 4. The van der Waals surface area contributed by atoms with Gasteiger partial charge in [-0.05, 0) is 37.3 Å². The lowest BCUT2D eigenvalue weighted by atomic mass is 10.2. The molecule has 6 heteroatoms.